The monoisotopic (exact) mass is 235 g/mol. The predicted octanol–water partition coefficient (Wildman–Crippen LogP) is 2.46. The highest BCUT2D eigenvalue weighted by Gasteiger charge is 2.18. The highest BCUT2D eigenvalue weighted by molar-refractivity contribution is 5.39. The highest BCUT2D eigenvalue weighted by Crippen LogP contribution is 2.28. The minimum Gasteiger partial charge on any atom is -0.493 e. The van der Waals surface area contributed by atoms with Crippen molar-refractivity contribution in [3.05, 3.63) is 24.3 Å². The van der Waals surface area contributed by atoms with Crippen LogP contribution in [-0.4, -0.2) is 26.3 Å². The maximum atomic E-state index is 5.95. The van der Waals surface area contributed by atoms with Crippen LogP contribution in [0.3, 0.4) is 0 Å². The SMILES string of the molecule is COc1ccccc1OC(C)CC1CCNC1. The summed E-state index contributed by atoms with van der Waals surface area (Å²) < 4.78 is 11.2. The summed E-state index contributed by atoms with van der Waals surface area (Å²) in [5.74, 6) is 2.40. The molecule has 0 radical (unpaired) electrons. The molecule has 3 nitrogen and oxygen atoms in total. The van der Waals surface area contributed by atoms with E-state index in [-0.39, 0.29) is 6.10 Å². The Morgan fingerprint density at radius 1 is 1.35 bits per heavy atom. The summed E-state index contributed by atoms with van der Waals surface area (Å²) in [4.78, 5) is 0. The molecular formula is C14H21NO2. The van der Waals surface area contributed by atoms with Crippen molar-refractivity contribution in [1.29, 1.82) is 0 Å². The summed E-state index contributed by atoms with van der Waals surface area (Å²) in [6, 6.07) is 7.82. The Labute approximate surface area is 103 Å². The third kappa shape index (κ3) is 3.37. The Hall–Kier alpha value is -1.22. The maximum Gasteiger partial charge on any atom is 0.161 e. The molecule has 1 saturated heterocycles. The quantitative estimate of drug-likeness (QED) is 0.850. The second-order valence-electron chi connectivity index (χ2n) is 4.67. The van der Waals surface area contributed by atoms with Crippen LogP contribution in [0.2, 0.25) is 0 Å². The zero-order valence-electron chi connectivity index (χ0n) is 10.6. The predicted molar refractivity (Wildman–Crippen MR) is 68.7 cm³/mol. The second kappa shape index (κ2) is 5.92. The summed E-state index contributed by atoms with van der Waals surface area (Å²) in [5.41, 5.74) is 0. The van der Waals surface area contributed by atoms with Gasteiger partial charge in [-0.05, 0) is 50.9 Å². The molecule has 2 rings (SSSR count). The van der Waals surface area contributed by atoms with Gasteiger partial charge in [0.05, 0.1) is 13.2 Å². The van der Waals surface area contributed by atoms with E-state index in [1.165, 1.54) is 6.42 Å². The van der Waals surface area contributed by atoms with E-state index in [0.29, 0.717) is 0 Å². The van der Waals surface area contributed by atoms with Gasteiger partial charge in [-0.25, -0.2) is 0 Å². The lowest BCUT2D eigenvalue weighted by Crippen LogP contribution is -2.19. The molecule has 0 amide bonds. The van der Waals surface area contributed by atoms with Crippen LogP contribution in [0.4, 0.5) is 0 Å². The van der Waals surface area contributed by atoms with Gasteiger partial charge in [-0.1, -0.05) is 12.1 Å². The first-order valence-corrected chi connectivity index (χ1v) is 6.30. The number of benzene rings is 1. The van der Waals surface area contributed by atoms with Crippen LogP contribution < -0.4 is 14.8 Å². The van der Waals surface area contributed by atoms with Crippen LogP contribution >= 0.6 is 0 Å². The summed E-state index contributed by atoms with van der Waals surface area (Å²) >= 11 is 0. The molecular weight excluding hydrogens is 214 g/mol. The molecule has 0 aromatic heterocycles. The first-order valence-electron chi connectivity index (χ1n) is 6.30. The fraction of sp³-hybridized carbons (Fsp3) is 0.571. The summed E-state index contributed by atoms with van der Waals surface area (Å²) in [7, 11) is 1.67. The lowest BCUT2D eigenvalue weighted by Gasteiger charge is -2.19. The van der Waals surface area contributed by atoms with Gasteiger partial charge in [0, 0.05) is 0 Å². The van der Waals surface area contributed by atoms with Crippen molar-refractivity contribution in [2.75, 3.05) is 20.2 Å². The van der Waals surface area contributed by atoms with Gasteiger partial charge in [-0.15, -0.1) is 0 Å². The molecule has 0 saturated carbocycles. The second-order valence-corrected chi connectivity index (χ2v) is 4.67. The van der Waals surface area contributed by atoms with Crippen LogP contribution in [-0.2, 0) is 0 Å². The van der Waals surface area contributed by atoms with Gasteiger partial charge in [-0.3, -0.25) is 0 Å². The van der Waals surface area contributed by atoms with E-state index >= 15 is 0 Å². The summed E-state index contributed by atoms with van der Waals surface area (Å²) in [5, 5.41) is 3.38. The lowest BCUT2D eigenvalue weighted by molar-refractivity contribution is 0.182. The molecule has 17 heavy (non-hydrogen) atoms. The third-order valence-corrected chi connectivity index (χ3v) is 3.22. The van der Waals surface area contributed by atoms with Crippen molar-refractivity contribution < 1.29 is 9.47 Å². The number of hydrogen-bond donors (Lipinski definition) is 1. The molecule has 2 unspecified atom stereocenters. The molecule has 0 spiro atoms. The Morgan fingerprint density at radius 3 is 2.76 bits per heavy atom. The standard InChI is InChI=1S/C14H21NO2/c1-11(9-12-7-8-15-10-12)17-14-6-4-3-5-13(14)16-2/h3-6,11-12,15H,7-10H2,1-2H3. The molecule has 0 aliphatic carbocycles. The van der Waals surface area contributed by atoms with Gasteiger partial charge in [0.15, 0.2) is 11.5 Å². The van der Waals surface area contributed by atoms with Crippen LogP contribution in [0.5, 0.6) is 11.5 Å². The Bertz CT molecular complexity index is 348. The summed E-state index contributed by atoms with van der Waals surface area (Å²) in [6.07, 6.45) is 2.60. The Kier molecular flexibility index (Phi) is 4.26. The number of ether oxygens (including phenoxy) is 2. The minimum atomic E-state index is 0.233. The molecule has 3 heteroatoms. The number of methoxy groups -OCH3 is 1. The van der Waals surface area contributed by atoms with E-state index in [1.54, 1.807) is 7.11 Å². The first kappa shape index (κ1) is 12.2. The summed E-state index contributed by atoms with van der Waals surface area (Å²) in [6.45, 7) is 4.40. The number of rotatable bonds is 5. The van der Waals surface area contributed by atoms with Crippen molar-refractivity contribution in [2.24, 2.45) is 5.92 Å². The zero-order valence-corrected chi connectivity index (χ0v) is 10.6. The van der Waals surface area contributed by atoms with E-state index in [4.69, 9.17) is 9.47 Å². The fourth-order valence-corrected chi connectivity index (χ4v) is 2.37. The van der Waals surface area contributed by atoms with Gasteiger partial charge in [0.2, 0.25) is 0 Å². The lowest BCUT2D eigenvalue weighted by atomic mass is 10.0. The topological polar surface area (TPSA) is 30.5 Å². The molecule has 1 heterocycles. The van der Waals surface area contributed by atoms with E-state index in [1.807, 2.05) is 24.3 Å². The van der Waals surface area contributed by atoms with Crippen molar-refractivity contribution >= 4 is 0 Å². The van der Waals surface area contributed by atoms with E-state index in [0.717, 1.165) is 36.9 Å². The number of para-hydroxylation sites is 2. The number of hydrogen-bond acceptors (Lipinski definition) is 3. The Morgan fingerprint density at radius 2 is 2.12 bits per heavy atom. The van der Waals surface area contributed by atoms with E-state index in [2.05, 4.69) is 12.2 Å². The number of nitrogens with one attached hydrogen (secondary N) is 1. The first-order chi connectivity index (χ1) is 8.29. The van der Waals surface area contributed by atoms with Crippen molar-refractivity contribution in [2.45, 2.75) is 25.9 Å². The molecule has 94 valence electrons. The molecule has 1 aromatic carbocycles. The van der Waals surface area contributed by atoms with Gasteiger partial charge in [-0.2, -0.15) is 0 Å². The fourth-order valence-electron chi connectivity index (χ4n) is 2.37. The average Bonchev–Trinajstić information content (AvgIpc) is 2.82. The van der Waals surface area contributed by atoms with Crippen molar-refractivity contribution in [1.82, 2.24) is 5.32 Å². The Balaban J connectivity index is 1.90. The molecule has 1 aliphatic rings. The average molecular weight is 235 g/mol. The smallest absolute Gasteiger partial charge is 0.161 e. The molecule has 1 fully saturated rings. The van der Waals surface area contributed by atoms with Gasteiger partial charge in [0.25, 0.3) is 0 Å². The highest BCUT2D eigenvalue weighted by atomic mass is 16.5. The van der Waals surface area contributed by atoms with Crippen LogP contribution in [0.1, 0.15) is 19.8 Å². The minimum absolute atomic E-state index is 0.233. The van der Waals surface area contributed by atoms with E-state index < -0.39 is 0 Å². The maximum absolute atomic E-state index is 5.95. The largest absolute Gasteiger partial charge is 0.493 e. The van der Waals surface area contributed by atoms with Crippen molar-refractivity contribution in [3.8, 4) is 11.5 Å². The normalized spacial score (nSPS) is 21.2. The zero-order chi connectivity index (χ0) is 12.1. The third-order valence-electron chi connectivity index (χ3n) is 3.22. The van der Waals surface area contributed by atoms with Gasteiger partial charge >= 0.3 is 0 Å². The van der Waals surface area contributed by atoms with Gasteiger partial charge < -0.3 is 14.8 Å². The molecule has 1 aliphatic heterocycles. The van der Waals surface area contributed by atoms with Gasteiger partial charge in [0.1, 0.15) is 0 Å². The van der Waals surface area contributed by atoms with Crippen molar-refractivity contribution in [3.63, 3.8) is 0 Å². The molecule has 2 atom stereocenters. The molecule has 1 N–H and O–H groups in total. The van der Waals surface area contributed by atoms with E-state index in [9.17, 15) is 0 Å². The van der Waals surface area contributed by atoms with Crippen LogP contribution in [0.15, 0.2) is 24.3 Å². The van der Waals surface area contributed by atoms with Crippen LogP contribution in [0.25, 0.3) is 0 Å². The van der Waals surface area contributed by atoms with Crippen LogP contribution in [0, 0.1) is 5.92 Å². The molecule has 1 aromatic rings. The molecule has 0 bridgehead atoms.